The quantitative estimate of drug-likeness (QED) is 0.742. The third-order valence-electron chi connectivity index (χ3n) is 2.00. The molecule has 0 bridgehead atoms. The van der Waals surface area contributed by atoms with E-state index < -0.39 is 0 Å². The second kappa shape index (κ2) is 3.66. The molecule has 0 heterocycles. The number of rotatable bonds is 3. The predicted molar refractivity (Wildman–Crippen MR) is 52.7 cm³/mol. The summed E-state index contributed by atoms with van der Waals surface area (Å²) in [6.07, 6.45) is 2.53. The molecule has 1 nitrogen and oxygen atoms in total. The minimum absolute atomic E-state index is 0.199. The summed E-state index contributed by atoms with van der Waals surface area (Å²) in [5, 5.41) is 0.544. The Bertz CT molecular complexity index is 310. The fourth-order valence-corrected chi connectivity index (χ4v) is 1.54. The van der Waals surface area contributed by atoms with Gasteiger partial charge in [0.05, 0.1) is 6.10 Å². The first-order valence-electron chi connectivity index (χ1n) is 4.30. The lowest BCUT2D eigenvalue weighted by atomic mass is 10.2. The van der Waals surface area contributed by atoms with Crippen molar-refractivity contribution in [3.8, 4) is 5.75 Å². The van der Waals surface area contributed by atoms with E-state index >= 15 is 0 Å². The van der Waals surface area contributed by atoms with Crippen LogP contribution in [0.4, 0.5) is 4.39 Å². The van der Waals surface area contributed by atoms with Crippen LogP contribution in [0.15, 0.2) is 18.2 Å². The van der Waals surface area contributed by atoms with Gasteiger partial charge in [0.1, 0.15) is 11.6 Å². The lowest BCUT2D eigenvalue weighted by molar-refractivity contribution is 0.301. The molecule has 1 aliphatic rings. The Balaban J connectivity index is 2.13. The Morgan fingerprint density at radius 2 is 2.23 bits per heavy atom. The van der Waals surface area contributed by atoms with E-state index in [0.717, 1.165) is 12.8 Å². The molecule has 1 saturated carbocycles. The van der Waals surface area contributed by atoms with Crippen LogP contribution < -0.4 is 4.74 Å². The van der Waals surface area contributed by atoms with Crippen LogP contribution in [0, 0.1) is 5.82 Å². The number of ether oxygens (including phenoxy) is 1. The monoisotopic (exact) mass is 244 g/mol. The van der Waals surface area contributed by atoms with E-state index in [1.807, 2.05) is 6.07 Å². The van der Waals surface area contributed by atoms with Crippen LogP contribution >= 0.6 is 15.9 Å². The minimum Gasteiger partial charge on any atom is -0.490 e. The second-order valence-electron chi connectivity index (χ2n) is 3.20. The zero-order chi connectivity index (χ0) is 9.26. The van der Waals surface area contributed by atoms with Crippen molar-refractivity contribution in [2.75, 3.05) is 0 Å². The van der Waals surface area contributed by atoms with Gasteiger partial charge in [-0.05, 0) is 24.5 Å². The van der Waals surface area contributed by atoms with Gasteiger partial charge in [0, 0.05) is 11.4 Å². The van der Waals surface area contributed by atoms with Gasteiger partial charge in [-0.25, -0.2) is 4.39 Å². The standard InChI is InChI=1S/C10H10BrFO/c11-6-7-1-2-9(5-10(7)12)13-8-3-4-8/h1-2,5,8H,3-4,6H2. The van der Waals surface area contributed by atoms with Gasteiger partial charge in [0.25, 0.3) is 0 Å². The first kappa shape index (κ1) is 9.00. The summed E-state index contributed by atoms with van der Waals surface area (Å²) in [6, 6.07) is 5.02. The SMILES string of the molecule is Fc1cc(OC2CC2)ccc1CBr. The maximum Gasteiger partial charge on any atom is 0.130 e. The molecule has 0 unspecified atom stereocenters. The molecule has 1 aromatic rings. The third-order valence-corrected chi connectivity index (χ3v) is 2.60. The Kier molecular flexibility index (Phi) is 2.54. The molecule has 0 atom stereocenters. The van der Waals surface area contributed by atoms with Gasteiger partial charge in [0.15, 0.2) is 0 Å². The molecule has 0 saturated heterocycles. The normalized spacial score (nSPS) is 15.8. The topological polar surface area (TPSA) is 9.23 Å². The van der Waals surface area contributed by atoms with Crippen molar-refractivity contribution in [1.29, 1.82) is 0 Å². The van der Waals surface area contributed by atoms with Crippen LogP contribution in [0.25, 0.3) is 0 Å². The molecular weight excluding hydrogens is 235 g/mol. The molecule has 0 aliphatic heterocycles. The first-order valence-corrected chi connectivity index (χ1v) is 5.43. The highest BCUT2D eigenvalue weighted by molar-refractivity contribution is 9.08. The van der Waals surface area contributed by atoms with Crippen LogP contribution in [-0.4, -0.2) is 6.10 Å². The fraction of sp³-hybridized carbons (Fsp3) is 0.400. The Labute approximate surface area is 85.0 Å². The number of hydrogen-bond acceptors (Lipinski definition) is 1. The Morgan fingerprint density at radius 1 is 1.46 bits per heavy atom. The highest BCUT2D eigenvalue weighted by atomic mass is 79.9. The molecule has 70 valence electrons. The average molecular weight is 245 g/mol. The van der Waals surface area contributed by atoms with Crippen LogP contribution in [0.3, 0.4) is 0 Å². The van der Waals surface area contributed by atoms with Crippen molar-refractivity contribution in [3.63, 3.8) is 0 Å². The molecule has 1 aliphatic carbocycles. The summed E-state index contributed by atoms with van der Waals surface area (Å²) in [6.45, 7) is 0. The van der Waals surface area contributed by atoms with Gasteiger partial charge in [-0.1, -0.05) is 22.0 Å². The molecule has 0 amide bonds. The average Bonchev–Trinajstić information content (AvgIpc) is 2.89. The summed E-state index contributed by atoms with van der Waals surface area (Å²) in [5.41, 5.74) is 0.670. The lowest BCUT2D eigenvalue weighted by Gasteiger charge is -2.05. The molecule has 2 rings (SSSR count). The molecule has 3 heteroatoms. The summed E-state index contributed by atoms with van der Waals surface area (Å²) in [4.78, 5) is 0. The van der Waals surface area contributed by atoms with Gasteiger partial charge in [0.2, 0.25) is 0 Å². The van der Waals surface area contributed by atoms with E-state index in [2.05, 4.69) is 15.9 Å². The van der Waals surface area contributed by atoms with Crippen molar-refractivity contribution in [2.24, 2.45) is 0 Å². The molecular formula is C10H10BrFO. The van der Waals surface area contributed by atoms with Crippen LogP contribution in [0.5, 0.6) is 5.75 Å². The number of halogens is 2. The Hall–Kier alpha value is -0.570. The van der Waals surface area contributed by atoms with E-state index in [0.29, 0.717) is 22.7 Å². The first-order chi connectivity index (χ1) is 6.29. The highest BCUT2D eigenvalue weighted by Gasteiger charge is 2.23. The van der Waals surface area contributed by atoms with E-state index in [1.54, 1.807) is 6.07 Å². The summed E-state index contributed by atoms with van der Waals surface area (Å²) in [7, 11) is 0. The summed E-state index contributed by atoms with van der Waals surface area (Å²) >= 11 is 3.22. The van der Waals surface area contributed by atoms with Gasteiger partial charge in [-0.2, -0.15) is 0 Å². The smallest absolute Gasteiger partial charge is 0.130 e. The van der Waals surface area contributed by atoms with Crippen LogP contribution in [0.1, 0.15) is 18.4 Å². The van der Waals surface area contributed by atoms with Crippen molar-refractivity contribution >= 4 is 15.9 Å². The summed E-state index contributed by atoms with van der Waals surface area (Å²) in [5.74, 6) is 0.444. The fourth-order valence-electron chi connectivity index (χ4n) is 1.09. The largest absolute Gasteiger partial charge is 0.490 e. The lowest BCUT2D eigenvalue weighted by Crippen LogP contribution is -1.97. The third kappa shape index (κ3) is 2.21. The van der Waals surface area contributed by atoms with Crippen molar-refractivity contribution < 1.29 is 9.13 Å². The van der Waals surface area contributed by atoms with E-state index in [1.165, 1.54) is 6.07 Å². The Morgan fingerprint density at radius 3 is 2.77 bits per heavy atom. The zero-order valence-corrected chi connectivity index (χ0v) is 8.68. The maximum atomic E-state index is 13.2. The molecule has 0 N–H and O–H groups in total. The molecule has 0 radical (unpaired) electrons. The molecule has 0 spiro atoms. The second-order valence-corrected chi connectivity index (χ2v) is 3.76. The highest BCUT2D eigenvalue weighted by Crippen LogP contribution is 2.27. The van der Waals surface area contributed by atoms with Crippen LogP contribution in [-0.2, 0) is 5.33 Å². The van der Waals surface area contributed by atoms with Crippen molar-refractivity contribution in [3.05, 3.63) is 29.6 Å². The predicted octanol–water partition coefficient (Wildman–Crippen LogP) is 3.26. The number of hydrogen-bond donors (Lipinski definition) is 0. The van der Waals surface area contributed by atoms with E-state index in [9.17, 15) is 4.39 Å². The van der Waals surface area contributed by atoms with Gasteiger partial charge < -0.3 is 4.74 Å². The zero-order valence-electron chi connectivity index (χ0n) is 7.09. The molecule has 13 heavy (non-hydrogen) atoms. The maximum absolute atomic E-state index is 13.2. The van der Waals surface area contributed by atoms with E-state index in [4.69, 9.17) is 4.74 Å². The van der Waals surface area contributed by atoms with Crippen molar-refractivity contribution in [2.45, 2.75) is 24.3 Å². The van der Waals surface area contributed by atoms with Crippen LogP contribution in [0.2, 0.25) is 0 Å². The van der Waals surface area contributed by atoms with Crippen molar-refractivity contribution in [1.82, 2.24) is 0 Å². The minimum atomic E-state index is -0.199. The number of alkyl halides is 1. The molecule has 1 fully saturated rings. The number of benzene rings is 1. The molecule has 0 aromatic heterocycles. The van der Waals surface area contributed by atoms with Gasteiger partial charge in [-0.15, -0.1) is 0 Å². The molecule has 1 aromatic carbocycles. The van der Waals surface area contributed by atoms with E-state index in [-0.39, 0.29) is 5.82 Å². The van der Waals surface area contributed by atoms with Gasteiger partial charge >= 0.3 is 0 Å². The van der Waals surface area contributed by atoms with Gasteiger partial charge in [-0.3, -0.25) is 0 Å². The summed E-state index contributed by atoms with van der Waals surface area (Å²) < 4.78 is 18.7.